The summed E-state index contributed by atoms with van der Waals surface area (Å²) in [4.78, 5) is 21.4. The summed E-state index contributed by atoms with van der Waals surface area (Å²) in [6.45, 7) is 6.97. The molecule has 0 spiro atoms. The molecule has 1 amide bonds. The van der Waals surface area contributed by atoms with Gasteiger partial charge in [0.1, 0.15) is 6.10 Å². The average Bonchev–Trinajstić information content (AvgIpc) is 3.26. The predicted molar refractivity (Wildman–Crippen MR) is 104 cm³/mol. The van der Waals surface area contributed by atoms with Crippen molar-refractivity contribution < 1.29 is 14.6 Å². The highest BCUT2D eigenvalue weighted by molar-refractivity contribution is 5.82. The van der Waals surface area contributed by atoms with Crippen LogP contribution in [0.2, 0.25) is 0 Å². The van der Waals surface area contributed by atoms with E-state index in [2.05, 4.69) is 10.2 Å². The molecule has 2 N–H and O–H groups in total. The van der Waals surface area contributed by atoms with Gasteiger partial charge in [-0.15, -0.1) is 0 Å². The molecular formula is C20H30N4O3. The summed E-state index contributed by atoms with van der Waals surface area (Å²) in [6, 6.07) is 7.81. The van der Waals surface area contributed by atoms with Gasteiger partial charge in [-0.25, -0.2) is 4.99 Å². The van der Waals surface area contributed by atoms with Crippen LogP contribution in [0.5, 0.6) is 0 Å². The first-order valence-electron chi connectivity index (χ1n) is 9.84. The Morgan fingerprint density at radius 1 is 1.22 bits per heavy atom. The molecular weight excluding hydrogens is 344 g/mol. The molecule has 0 bridgehead atoms. The Morgan fingerprint density at radius 3 is 2.56 bits per heavy atom. The van der Waals surface area contributed by atoms with Gasteiger partial charge in [-0.3, -0.25) is 4.79 Å². The number of nitrogens with one attached hydrogen (secondary N) is 1. The summed E-state index contributed by atoms with van der Waals surface area (Å²) in [5, 5.41) is 12.8. The third-order valence-corrected chi connectivity index (χ3v) is 5.12. The van der Waals surface area contributed by atoms with E-state index in [1.54, 1.807) is 0 Å². The molecule has 0 radical (unpaired) electrons. The number of nitrogens with zero attached hydrogens (tertiary/aromatic N) is 3. The van der Waals surface area contributed by atoms with Crippen molar-refractivity contribution in [3.05, 3.63) is 35.4 Å². The van der Waals surface area contributed by atoms with E-state index in [0.29, 0.717) is 26.2 Å². The van der Waals surface area contributed by atoms with Gasteiger partial charge in [0.15, 0.2) is 5.96 Å². The number of piperazine rings is 1. The van der Waals surface area contributed by atoms with Crippen molar-refractivity contribution in [2.45, 2.75) is 39.0 Å². The Labute approximate surface area is 161 Å². The lowest BCUT2D eigenvalue weighted by atomic mass is 10.1. The SMILES string of the molecule is CCNC(=NCc1ccccc1CO)N1CCN(C(=O)C2CCCO2)CC1. The van der Waals surface area contributed by atoms with Crippen LogP contribution < -0.4 is 5.32 Å². The minimum Gasteiger partial charge on any atom is -0.392 e. The number of benzene rings is 1. The van der Waals surface area contributed by atoms with Crippen LogP contribution >= 0.6 is 0 Å². The average molecular weight is 374 g/mol. The van der Waals surface area contributed by atoms with Crippen molar-refractivity contribution in [2.24, 2.45) is 4.99 Å². The van der Waals surface area contributed by atoms with Gasteiger partial charge in [0.2, 0.25) is 0 Å². The zero-order valence-corrected chi connectivity index (χ0v) is 16.1. The van der Waals surface area contributed by atoms with E-state index < -0.39 is 0 Å². The van der Waals surface area contributed by atoms with Crippen LogP contribution in [0.4, 0.5) is 0 Å². The molecule has 1 unspecified atom stereocenters. The third-order valence-electron chi connectivity index (χ3n) is 5.12. The molecule has 148 valence electrons. The number of carbonyl (C=O) groups is 1. The summed E-state index contributed by atoms with van der Waals surface area (Å²) >= 11 is 0. The molecule has 2 fully saturated rings. The maximum atomic E-state index is 12.5. The van der Waals surface area contributed by atoms with E-state index in [4.69, 9.17) is 9.73 Å². The summed E-state index contributed by atoms with van der Waals surface area (Å²) in [6.07, 6.45) is 1.57. The summed E-state index contributed by atoms with van der Waals surface area (Å²) < 4.78 is 5.53. The van der Waals surface area contributed by atoms with Gasteiger partial charge in [0, 0.05) is 39.3 Å². The number of amides is 1. The molecule has 2 saturated heterocycles. The van der Waals surface area contributed by atoms with E-state index in [1.165, 1.54) is 0 Å². The number of carbonyl (C=O) groups excluding carboxylic acids is 1. The van der Waals surface area contributed by atoms with Gasteiger partial charge in [0.25, 0.3) is 5.91 Å². The van der Waals surface area contributed by atoms with Crippen LogP contribution in [0.15, 0.2) is 29.3 Å². The van der Waals surface area contributed by atoms with Crippen molar-refractivity contribution in [1.82, 2.24) is 15.1 Å². The molecule has 2 aliphatic rings. The standard InChI is InChI=1S/C20H30N4O3/c1-2-21-20(22-14-16-6-3-4-7-17(16)15-25)24-11-9-23(10-12-24)19(26)18-8-5-13-27-18/h3-4,6-7,18,25H,2,5,8-15H2,1H3,(H,21,22). The smallest absolute Gasteiger partial charge is 0.251 e. The number of ether oxygens (including phenoxy) is 1. The summed E-state index contributed by atoms with van der Waals surface area (Å²) in [5.41, 5.74) is 1.94. The lowest BCUT2D eigenvalue weighted by Gasteiger charge is -2.37. The summed E-state index contributed by atoms with van der Waals surface area (Å²) in [5.74, 6) is 0.987. The molecule has 3 rings (SSSR count). The molecule has 1 atom stereocenters. The first kappa shape index (κ1) is 19.6. The number of hydrogen-bond acceptors (Lipinski definition) is 4. The van der Waals surface area contributed by atoms with Crippen LogP contribution in [-0.4, -0.2) is 72.2 Å². The normalized spacial score (nSPS) is 20.8. The quantitative estimate of drug-likeness (QED) is 0.593. The third kappa shape index (κ3) is 4.99. The van der Waals surface area contributed by atoms with Crippen molar-refractivity contribution in [1.29, 1.82) is 0 Å². The van der Waals surface area contributed by atoms with E-state index >= 15 is 0 Å². The topological polar surface area (TPSA) is 77.4 Å². The van der Waals surface area contributed by atoms with Crippen LogP contribution in [0.1, 0.15) is 30.9 Å². The van der Waals surface area contributed by atoms with Crippen molar-refractivity contribution in [3.63, 3.8) is 0 Å². The van der Waals surface area contributed by atoms with Gasteiger partial charge in [-0.05, 0) is 30.9 Å². The molecule has 7 heteroatoms. The van der Waals surface area contributed by atoms with Crippen molar-refractivity contribution in [2.75, 3.05) is 39.3 Å². The fourth-order valence-corrected chi connectivity index (χ4v) is 3.57. The van der Waals surface area contributed by atoms with Gasteiger partial charge in [-0.2, -0.15) is 0 Å². The molecule has 27 heavy (non-hydrogen) atoms. The zero-order chi connectivity index (χ0) is 19.1. The highest BCUT2D eigenvalue weighted by atomic mass is 16.5. The zero-order valence-electron chi connectivity index (χ0n) is 16.1. The van der Waals surface area contributed by atoms with E-state index in [1.807, 2.05) is 36.1 Å². The Morgan fingerprint density at radius 2 is 1.93 bits per heavy atom. The molecule has 1 aromatic carbocycles. The van der Waals surface area contributed by atoms with Crippen molar-refractivity contribution >= 4 is 11.9 Å². The van der Waals surface area contributed by atoms with E-state index in [9.17, 15) is 9.90 Å². The first-order valence-corrected chi connectivity index (χ1v) is 9.84. The maximum Gasteiger partial charge on any atom is 0.251 e. The van der Waals surface area contributed by atoms with Gasteiger partial charge >= 0.3 is 0 Å². The molecule has 0 aromatic heterocycles. The summed E-state index contributed by atoms with van der Waals surface area (Å²) in [7, 11) is 0. The van der Waals surface area contributed by atoms with Crippen LogP contribution in [0.25, 0.3) is 0 Å². The molecule has 1 aromatic rings. The van der Waals surface area contributed by atoms with Gasteiger partial charge < -0.3 is 25.0 Å². The van der Waals surface area contributed by atoms with Crippen LogP contribution in [0, 0.1) is 0 Å². The lowest BCUT2D eigenvalue weighted by molar-refractivity contribution is -0.142. The second-order valence-electron chi connectivity index (χ2n) is 6.91. The predicted octanol–water partition coefficient (Wildman–Crippen LogP) is 0.968. The van der Waals surface area contributed by atoms with Crippen LogP contribution in [0.3, 0.4) is 0 Å². The Hall–Kier alpha value is -2.12. The second kappa shape index (κ2) is 9.71. The Bertz CT molecular complexity index is 650. The second-order valence-corrected chi connectivity index (χ2v) is 6.91. The Kier molecular flexibility index (Phi) is 7.06. The molecule has 7 nitrogen and oxygen atoms in total. The highest BCUT2D eigenvalue weighted by Gasteiger charge is 2.30. The minimum atomic E-state index is -0.242. The molecule has 2 heterocycles. The highest BCUT2D eigenvalue weighted by Crippen LogP contribution is 2.16. The minimum absolute atomic E-state index is 0.0201. The number of guanidine groups is 1. The number of aliphatic hydroxyl groups excluding tert-OH is 1. The van der Waals surface area contributed by atoms with E-state index in [0.717, 1.165) is 49.6 Å². The monoisotopic (exact) mass is 374 g/mol. The van der Waals surface area contributed by atoms with Gasteiger partial charge in [0.05, 0.1) is 13.2 Å². The molecule has 0 aliphatic carbocycles. The van der Waals surface area contributed by atoms with Crippen LogP contribution in [-0.2, 0) is 22.7 Å². The molecule has 2 aliphatic heterocycles. The number of rotatable bonds is 5. The molecule has 0 saturated carbocycles. The number of aliphatic hydroxyl groups is 1. The lowest BCUT2D eigenvalue weighted by Crippen LogP contribution is -2.55. The fourth-order valence-electron chi connectivity index (χ4n) is 3.57. The van der Waals surface area contributed by atoms with Gasteiger partial charge in [-0.1, -0.05) is 24.3 Å². The Balaban J connectivity index is 1.59. The largest absolute Gasteiger partial charge is 0.392 e. The van der Waals surface area contributed by atoms with Crippen molar-refractivity contribution in [3.8, 4) is 0 Å². The number of hydrogen-bond donors (Lipinski definition) is 2. The first-order chi connectivity index (χ1) is 13.2. The number of aliphatic imine (C=N–C) groups is 1. The van der Waals surface area contributed by atoms with E-state index in [-0.39, 0.29) is 18.6 Å². The maximum absolute atomic E-state index is 12.5. The fraction of sp³-hybridized carbons (Fsp3) is 0.600.